The number of nitrogens with zero attached hydrogens (tertiary/aromatic N) is 2. The van der Waals surface area contributed by atoms with Crippen LogP contribution in [0.1, 0.15) is 50.5 Å². The molecule has 6 heteroatoms. The van der Waals surface area contributed by atoms with Crippen molar-refractivity contribution in [3.63, 3.8) is 0 Å². The molecule has 1 aliphatic heterocycles. The Morgan fingerprint density at radius 1 is 1.00 bits per heavy atom. The summed E-state index contributed by atoms with van der Waals surface area (Å²) < 4.78 is 0. The Morgan fingerprint density at radius 3 is 2.36 bits per heavy atom. The van der Waals surface area contributed by atoms with E-state index in [1.54, 1.807) is 7.05 Å². The van der Waals surface area contributed by atoms with Crippen LogP contribution in [-0.2, 0) is 11.3 Å². The number of hydrogen-bond donors (Lipinski definition) is 3. The van der Waals surface area contributed by atoms with Crippen molar-refractivity contribution in [1.29, 1.82) is 0 Å². The van der Waals surface area contributed by atoms with Gasteiger partial charge in [0.25, 0.3) is 0 Å². The minimum Gasteiger partial charge on any atom is -0.354 e. The van der Waals surface area contributed by atoms with Crippen molar-refractivity contribution in [3.8, 4) is 0 Å². The summed E-state index contributed by atoms with van der Waals surface area (Å²) >= 11 is 0. The summed E-state index contributed by atoms with van der Waals surface area (Å²) in [6.07, 6.45) is 8.14. The van der Waals surface area contributed by atoms with E-state index in [2.05, 4.69) is 56.2 Å². The molecule has 0 bridgehead atoms. The number of likely N-dealkylation sites (tertiary alicyclic amines) is 1. The van der Waals surface area contributed by atoms with E-state index < -0.39 is 0 Å². The van der Waals surface area contributed by atoms with Gasteiger partial charge in [-0.1, -0.05) is 49.6 Å². The van der Waals surface area contributed by atoms with Crippen molar-refractivity contribution in [2.24, 2.45) is 4.99 Å². The van der Waals surface area contributed by atoms with E-state index in [0.29, 0.717) is 12.1 Å². The fourth-order valence-corrected chi connectivity index (χ4v) is 4.15. The molecule has 3 N–H and O–H groups in total. The van der Waals surface area contributed by atoms with Crippen LogP contribution in [0, 0.1) is 0 Å². The van der Waals surface area contributed by atoms with Crippen LogP contribution in [0.15, 0.2) is 35.3 Å². The zero-order valence-corrected chi connectivity index (χ0v) is 17.1. The van der Waals surface area contributed by atoms with Gasteiger partial charge in [-0.05, 0) is 31.2 Å². The molecule has 0 spiro atoms. The Bertz CT molecular complexity index is 619. The summed E-state index contributed by atoms with van der Waals surface area (Å²) in [7, 11) is 1.76. The number of amides is 1. The van der Waals surface area contributed by atoms with Gasteiger partial charge in [0.15, 0.2) is 5.96 Å². The minimum absolute atomic E-state index is 0.0625. The summed E-state index contributed by atoms with van der Waals surface area (Å²) in [5.41, 5.74) is 1.37. The maximum Gasteiger partial charge on any atom is 0.239 e. The third kappa shape index (κ3) is 6.82. The van der Waals surface area contributed by atoms with Gasteiger partial charge in [0.2, 0.25) is 5.91 Å². The van der Waals surface area contributed by atoms with Crippen LogP contribution in [0.2, 0.25) is 0 Å². The number of hydrogen-bond acceptors (Lipinski definition) is 3. The van der Waals surface area contributed by atoms with E-state index in [4.69, 9.17) is 0 Å². The molecular weight excluding hydrogens is 350 g/mol. The van der Waals surface area contributed by atoms with Crippen molar-refractivity contribution in [1.82, 2.24) is 20.9 Å². The first-order valence-corrected chi connectivity index (χ1v) is 10.8. The molecule has 0 radical (unpaired) electrons. The standard InChI is InChI=1S/C22H35N5O/c1-23-22(24-16-21(28)25-19-10-6-3-7-11-19)26-20-12-14-27(15-13-20)17-18-8-4-2-5-9-18/h2,4-5,8-9,19-20H,3,6-7,10-17H2,1H3,(H,25,28)(H2,23,24,26). The number of carbonyl (C=O) groups excluding carboxylic acids is 1. The Balaban J connectivity index is 1.34. The maximum absolute atomic E-state index is 12.2. The summed E-state index contributed by atoms with van der Waals surface area (Å²) in [5, 5.41) is 9.79. The number of benzene rings is 1. The summed E-state index contributed by atoms with van der Waals surface area (Å²) in [6.45, 7) is 3.45. The zero-order chi connectivity index (χ0) is 19.6. The quantitative estimate of drug-likeness (QED) is 0.519. The predicted molar refractivity (Wildman–Crippen MR) is 114 cm³/mol. The van der Waals surface area contributed by atoms with Crippen molar-refractivity contribution < 1.29 is 4.79 Å². The molecule has 1 aliphatic carbocycles. The highest BCUT2D eigenvalue weighted by atomic mass is 16.2. The van der Waals surface area contributed by atoms with Crippen LogP contribution in [0.4, 0.5) is 0 Å². The highest BCUT2D eigenvalue weighted by Gasteiger charge is 2.20. The number of guanidine groups is 1. The second-order valence-electron chi connectivity index (χ2n) is 8.01. The van der Waals surface area contributed by atoms with Gasteiger partial charge in [-0.15, -0.1) is 0 Å². The molecule has 1 saturated carbocycles. The van der Waals surface area contributed by atoms with Gasteiger partial charge < -0.3 is 16.0 Å². The van der Waals surface area contributed by atoms with E-state index in [0.717, 1.165) is 51.3 Å². The molecule has 28 heavy (non-hydrogen) atoms. The first-order chi connectivity index (χ1) is 13.7. The molecule has 0 atom stereocenters. The van der Waals surface area contributed by atoms with E-state index in [-0.39, 0.29) is 12.5 Å². The molecule has 154 valence electrons. The lowest BCUT2D eigenvalue weighted by Crippen LogP contribution is -2.51. The molecule has 1 amide bonds. The minimum atomic E-state index is 0.0625. The molecule has 0 aromatic heterocycles. The summed E-state index contributed by atoms with van der Waals surface area (Å²) in [4.78, 5) is 19.0. The lowest BCUT2D eigenvalue weighted by molar-refractivity contribution is -0.120. The van der Waals surface area contributed by atoms with Gasteiger partial charge in [-0.25, -0.2) is 0 Å². The topological polar surface area (TPSA) is 68.8 Å². The summed E-state index contributed by atoms with van der Waals surface area (Å²) in [6, 6.07) is 11.4. The molecule has 1 saturated heterocycles. The van der Waals surface area contributed by atoms with Crippen LogP contribution < -0.4 is 16.0 Å². The Kier molecular flexibility index (Phi) is 8.15. The lowest BCUT2D eigenvalue weighted by atomic mass is 9.95. The van der Waals surface area contributed by atoms with Gasteiger partial charge in [-0.3, -0.25) is 14.7 Å². The molecular formula is C22H35N5O. The maximum atomic E-state index is 12.2. The first kappa shape index (κ1) is 20.6. The second kappa shape index (κ2) is 11.1. The lowest BCUT2D eigenvalue weighted by Gasteiger charge is -2.33. The van der Waals surface area contributed by atoms with Crippen LogP contribution >= 0.6 is 0 Å². The molecule has 2 fully saturated rings. The smallest absolute Gasteiger partial charge is 0.239 e. The third-order valence-corrected chi connectivity index (χ3v) is 5.79. The normalized spacial score (nSPS) is 20.0. The highest BCUT2D eigenvalue weighted by Crippen LogP contribution is 2.17. The Labute approximate surface area is 169 Å². The third-order valence-electron chi connectivity index (χ3n) is 5.79. The van der Waals surface area contributed by atoms with Gasteiger partial charge >= 0.3 is 0 Å². The fourth-order valence-electron chi connectivity index (χ4n) is 4.15. The molecule has 1 aromatic rings. The second-order valence-corrected chi connectivity index (χ2v) is 8.01. The molecule has 1 heterocycles. The number of carbonyl (C=O) groups is 1. The van der Waals surface area contributed by atoms with Crippen LogP contribution in [0.3, 0.4) is 0 Å². The predicted octanol–water partition coefficient (Wildman–Crippen LogP) is 2.26. The molecule has 1 aromatic carbocycles. The molecule has 6 nitrogen and oxygen atoms in total. The Hall–Kier alpha value is -2.08. The average molecular weight is 386 g/mol. The SMILES string of the molecule is CN=C(NCC(=O)NC1CCCCC1)NC1CCN(Cc2ccccc2)CC1. The number of aliphatic imine (C=N–C) groups is 1. The summed E-state index contributed by atoms with van der Waals surface area (Å²) in [5.74, 6) is 0.785. The molecule has 2 aliphatic rings. The van der Waals surface area contributed by atoms with Gasteiger partial charge in [0, 0.05) is 38.8 Å². The van der Waals surface area contributed by atoms with Crippen LogP contribution in [0.25, 0.3) is 0 Å². The van der Waals surface area contributed by atoms with E-state index >= 15 is 0 Å². The van der Waals surface area contributed by atoms with Gasteiger partial charge in [0.1, 0.15) is 0 Å². The van der Waals surface area contributed by atoms with Crippen LogP contribution in [-0.4, -0.2) is 55.5 Å². The van der Waals surface area contributed by atoms with Crippen LogP contribution in [0.5, 0.6) is 0 Å². The monoisotopic (exact) mass is 385 g/mol. The number of nitrogens with one attached hydrogen (secondary N) is 3. The highest BCUT2D eigenvalue weighted by molar-refractivity contribution is 5.86. The van der Waals surface area contributed by atoms with Gasteiger partial charge in [0.05, 0.1) is 6.54 Å². The van der Waals surface area contributed by atoms with E-state index in [1.807, 2.05) is 0 Å². The average Bonchev–Trinajstić information content (AvgIpc) is 2.74. The number of piperidine rings is 1. The van der Waals surface area contributed by atoms with E-state index in [1.165, 1.54) is 24.8 Å². The molecule has 0 unspecified atom stereocenters. The zero-order valence-electron chi connectivity index (χ0n) is 17.1. The largest absolute Gasteiger partial charge is 0.354 e. The van der Waals surface area contributed by atoms with Crippen molar-refractivity contribution in [2.75, 3.05) is 26.7 Å². The number of rotatable bonds is 6. The van der Waals surface area contributed by atoms with Gasteiger partial charge in [-0.2, -0.15) is 0 Å². The van der Waals surface area contributed by atoms with Crippen molar-refractivity contribution in [2.45, 2.75) is 63.6 Å². The fraction of sp³-hybridized carbons (Fsp3) is 0.636. The van der Waals surface area contributed by atoms with Crippen molar-refractivity contribution >= 4 is 11.9 Å². The van der Waals surface area contributed by atoms with E-state index in [9.17, 15) is 4.79 Å². The Morgan fingerprint density at radius 2 is 1.68 bits per heavy atom. The van der Waals surface area contributed by atoms with Crippen molar-refractivity contribution in [3.05, 3.63) is 35.9 Å². The first-order valence-electron chi connectivity index (χ1n) is 10.8. The molecule has 3 rings (SSSR count).